The maximum atomic E-state index is 13.8. The summed E-state index contributed by atoms with van der Waals surface area (Å²) in [4.78, 5) is 7.08. The molecule has 1 N–H and O–H groups in total. The lowest BCUT2D eigenvalue weighted by atomic mass is 9.99. The molecule has 0 radical (unpaired) electrons. The smallest absolute Gasteiger partial charge is 0.330 e. The molecule has 0 saturated carbocycles. The Balaban J connectivity index is 1.86. The zero-order valence-corrected chi connectivity index (χ0v) is 25.6. The van der Waals surface area contributed by atoms with Crippen LogP contribution >= 0.6 is 11.3 Å². The quantitative estimate of drug-likeness (QED) is 0.196. The van der Waals surface area contributed by atoms with Gasteiger partial charge in [-0.2, -0.15) is 44.3 Å². The fourth-order valence-corrected chi connectivity index (χ4v) is 5.84. The number of hydrogen-bond donors (Lipinski definition) is 1. The lowest BCUT2D eigenvalue weighted by molar-refractivity contribution is -0.143. The Morgan fingerprint density at radius 3 is 2.00 bits per heavy atom. The molecule has 0 saturated heterocycles. The number of aryl methyl sites for hydroxylation is 2. The number of nitrogens with one attached hydrogen (secondary N) is 1. The number of nitrogens with zero attached hydrogens (tertiary/aromatic N) is 6. The first kappa shape index (κ1) is 35.1. The number of alkyl halides is 9. The fraction of sp³-hybridized carbons (Fsp3) is 0.385. The van der Waals surface area contributed by atoms with Gasteiger partial charge in [0.15, 0.2) is 0 Å². The first-order valence-electron chi connectivity index (χ1n) is 13.0. The average Bonchev–Trinajstić information content (AvgIpc) is 3.55. The third kappa shape index (κ3) is 8.72. The number of sulfonamides is 1. The second-order valence-corrected chi connectivity index (χ2v) is 13.0. The number of tetrazole rings is 1. The monoisotopic (exact) mass is 701 g/mol. The molecule has 0 unspecified atom stereocenters. The topological polar surface area (TPSA) is 106 Å². The molecule has 9 nitrogen and oxygen atoms in total. The highest BCUT2D eigenvalue weighted by atomic mass is 32.2. The molecule has 0 aliphatic carbocycles. The lowest BCUT2D eigenvalue weighted by Gasteiger charge is -2.24. The number of rotatable bonds is 10. The van der Waals surface area contributed by atoms with Gasteiger partial charge in [-0.15, -0.1) is 16.4 Å². The van der Waals surface area contributed by atoms with Crippen LogP contribution in [0.4, 0.5) is 45.5 Å². The van der Waals surface area contributed by atoms with Crippen LogP contribution < -0.4 is 9.62 Å². The summed E-state index contributed by atoms with van der Waals surface area (Å²) in [6.07, 6.45) is -13.8. The molecule has 20 heteroatoms. The molecule has 0 fully saturated rings. The van der Waals surface area contributed by atoms with Crippen LogP contribution in [0, 0.1) is 0 Å². The zero-order valence-electron chi connectivity index (χ0n) is 24.0. The van der Waals surface area contributed by atoms with Crippen LogP contribution in [0.1, 0.15) is 44.6 Å². The molecule has 2 aromatic heterocycles. The maximum Gasteiger partial charge on any atom is 0.416 e. The SMILES string of the molecule is CCc1sc(CNS(C)(=O)=O)nc1-c1ccc(C(F)(F)F)cc1CN(Cc1cc(C(F)(F)F)cc(C(F)(F)F)c1)c1nnn(C)n1. The zero-order chi connectivity index (χ0) is 34.2. The van der Waals surface area contributed by atoms with Gasteiger partial charge in [-0.25, -0.2) is 18.1 Å². The van der Waals surface area contributed by atoms with Crippen molar-refractivity contribution in [3.8, 4) is 11.3 Å². The van der Waals surface area contributed by atoms with Gasteiger partial charge >= 0.3 is 18.5 Å². The number of hydrogen-bond acceptors (Lipinski definition) is 8. The molecule has 4 rings (SSSR count). The van der Waals surface area contributed by atoms with Crippen molar-refractivity contribution in [1.29, 1.82) is 0 Å². The Morgan fingerprint density at radius 1 is 0.891 bits per heavy atom. The summed E-state index contributed by atoms with van der Waals surface area (Å²) in [6, 6.07) is 3.71. The Bertz CT molecular complexity index is 1780. The van der Waals surface area contributed by atoms with Crippen LogP contribution in [-0.4, -0.2) is 39.9 Å². The van der Waals surface area contributed by atoms with Crippen LogP contribution in [0.15, 0.2) is 36.4 Å². The van der Waals surface area contributed by atoms with Crippen LogP contribution in [-0.2, 0) is 61.7 Å². The summed E-state index contributed by atoms with van der Waals surface area (Å²) < 4.78 is 148. The highest BCUT2D eigenvalue weighted by Gasteiger charge is 2.37. The van der Waals surface area contributed by atoms with Gasteiger partial charge in [-0.3, -0.25) is 0 Å². The second kappa shape index (κ2) is 12.8. The maximum absolute atomic E-state index is 13.8. The van der Waals surface area contributed by atoms with E-state index in [1.165, 1.54) is 7.05 Å². The van der Waals surface area contributed by atoms with E-state index >= 15 is 0 Å². The number of thiazole rings is 1. The molecule has 46 heavy (non-hydrogen) atoms. The average molecular weight is 702 g/mol. The largest absolute Gasteiger partial charge is 0.416 e. The first-order chi connectivity index (χ1) is 21.1. The number of benzene rings is 2. The summed E-state index contributed by atoms with van der Waals surface area (Å²) >= 11 is 1.12. The molecule has 2 aromatic carbocycles. The van der Waals surface area contributed by atoms with Gasteiger partial charge in [0, 0.05) is 23.5 Å². The van der Waals surface area contributed by atoms with E-state index in [-0.39, 0.29) is 35.4 Å². The van der Waals surface area contributed by atoms with Gasteiger partial charge in [0.25, 0.3) is 5.95 Å². The summed E-state index contributed by atoms with van der Waals surface area (Å²) in [7, 11) is -2.27. The van der Waals surface area contributed by atoms with Crippen molar-refractivity contribution in [2.24, 2.45) is 7.05 Å². The third-order valence-electron chi connectivity index (χ3n) is 6.40. The number of halogens is 9. The molecule has 0 aliphatic heterocycles. The molecule has 0 spiro atoms. The fourth-order valence-electron chi connectivity index (χ4n) is 4.39. The van der Waals surface area contributed by atoms with Crippen LogP contribution in [0.5, 0.6) is 0 Å². The van der Waals surface area contributed by atoms with Crippen molar-refractivity contribution in [1.82, 2.24) is 29.9 Å². The van der Waals surface area contributed by atoms with Crippen LogP contribution in [0.2, 0.25) is 0 Å². The van der Waals surface area contributed by atoms with E-state index in [2.05, 4.69) is 25.1 Å². The molecule has 4 aromatic rings. The number of aromatic nitrogens is 5. The van der Waals surface area contributed by atoms with Crippen molar-refractivity contribution in [3.63, 3.8) is 0 Å². The predicted molar refractivity (Wildman–Crippen MR) is 149 cm³/mol. The van der Waals surface area contributed by atoms with Gasteiger partial charge in [-0.1, -0.05) is 18.1 Å². The second-order valence-electron chi connectivity index (χ2n) is 10.0. The van der Waals surface area contributed by atoms with Crippen LogP contribution in [0.25, 0.3) is 11.3 Å². The Kier molecular flexibility index (Phi) is 9.75. The van der Waals surface area contributed by atoms with E-state index in [1.54, 1.807) is 6.92 Å². The van der Waals surface area contributed by atoms with Gasteiger partial charge in [-0.05, 0) is 53.1 Å². The van der Waals surface area contributed by atoms with Gasteiger partial charge < -0.3 is 4.90 Å². The summed E-state index contributed by atoms with van der Waals surface area (Å²) in [5.74, 6) is -0.288. The number of anilines is 1. The van der Waals surface area contributed by atoms with E-state index in [0.717, 1.165) is 45.5 Å². The van der Waals surface area contributed by atoms with Crippen molar-refractivity contribution >= 4 is 27.3 Å². The Labute approximate surface area is 260 Å². The molecule has 0 amide bonds. The highest BCUT2D eigenvalue weighted by Crippen LogP contribution is 2.39. The Hall–Kier alpha value is -3.78. The minimum atomic E-state index is -5.13. The van der Waals surface area contributed by atoms with E-state index in [0.29, 0.717) is 28.4 Å². The normalized spacial score (nSPS) is 13.0. The minimum Gasteiger partial charge on any atom is -0.330 e. The van der Waals surface area contributed by atoms with Gasteiger partial charge in [0.1, 0.15) is 5.01 Å². The van der Waals surface area contributed by atoms with Crippen molar-refractivity contribution in [2.75, 3.05) is 11.2 Å². The highest BCUT2D eigenvalue weighted by molar-refractivity contribution is 7.88. The molecule has 0 aliphatic rings. The molecule has 250 valence electrons. The van der Waals surface area contributed by atoms with Gasteiger partial charge in [0.2, 0.25) is 10.0 Å². The van der Waals surface area contributed by atoms with Crippen LogP contribution in [0.3, 0.4) is 0 Å². The van der Waals surface area contributed by atoms with Crippen molar-refractivity contribution < 1.29 is 47.9 Å². The third-order valence-corrected chi connectivity index (χ3v) is 8.27. The summed E-state index contributed by atoms with van der Waals surface area (Å²) in [6.45, 7) is 0.338. The molecule has 0 bridgehead atoms. The van der Waals surface area contributed by atoms with Gasteiger partial charge in [0.05, 0.1) is 42.2 Å². The molecular weight excluding hydrogens is 677 g/mol. The summed E-state index contributed by atoms with van der Waals surface area (Å²) in [5.41, 5.74) is -4.37. The molecule has 2 heterocycles. The van der Waals surface area contributed by atoms with E-state index < -0.39 is 63.9 Å². The standard InChI is InChI=1S/C26H24F9N7O2S2/c1-4-20-22(37-21(45-20)11-36-46(3,43)44)19-6-5-16(24(27,28)29)9-15(19)13-42(23-38-40-41(2)39-23)12-14-7-17(25(30,31)32)10-18(8-14)26(33,34)35/h5-10,36H,4,11-13H2,1-3H3. The first-order valence-corrected chi connectivity index (χ1v) is 15.8. The minimum absolute atomic E-state index is 0.0376. The van der Waals surface area contributed by atoms with Crippen molar-refractivity contribution in [3.05, 3.63) is 74.1 Å². The van der Waals surface area contributed by atoms with E-state index in [1.807, 2.05) is 0 Å². The van der Waals surface area contributed by atoms with E-state index in [4.69, 9.17) is 0 Å². The Morgan fingerprint density at radius 2 is 1.50 bits per heavy atom. The molecular formula is C26H24F9N7O2S2. The molecule has 0 atom stereocenters. The van der Waals surface area contributed by atoms with E-state index in [9.17, 15) is 47.9 Å². The van der Waals surface area contributed by atoms with Crippen molar-refractivity contribution in [2.45, 2.75) is 51.5 Å². The summed E-state index contributed by atoms with van der Waals surface area (Å²) in [5, 5.41) is 11.7. The lowest BCUT2D eigenvalue weighted by Crippen LogP contribution is -2.25. The predicted octanol–water partition coefficient (Wildman–Crippen LogP) is 6.21.